The molecule has 1 aliphatic heterocycles. The minimum Gasteiger partial charge on any atom is -0.308 e. The Morgan fingerprint density at radius 2 is 1.93 bits per heavy atom. The van der Waals surface area contributed by atoms with E-state index in [1.807, 2.05) is 48.2 Å². The maximum atomic E-state index is 12.9. The molecule has 6 heteroatoms. The van der Waals surface area contributed by atoms with Gasteiger partial charge in [0.1, 0.15) is 0 Å². The highest BCUT2D eigenvalue weighted by Gasteiger charge is 2.30. The van der Waals surface area contributed by atoms with E-state index in [1.165, 1.54) is 17.3 Å². The molecule has 2 heterocycles. The van der Waals surface area contributed by atoms with Crippen LogP contribution in [0.4, 0.5) is 5.69 Å². The molecule has 0 saturated heterocycles. The van der Waals surface area contributed by atoms with Gasteiger partial charge in [0.05, 0.1) is 16.7 Å². The van der Waals surface area contributed by atoms with Gasteiger partial charge in [-0.1, -0.05) is 42.1 Å². The van der Waals surface area contributed by atoms with E-state index in [0.717, 1.165) is 12.1 Å². The zero-order valence-electron chi connectivity index (χ0n) is 15.4. The molecule has 0 fully saturated rings. The maximum Gasteiger partial charge on any atom is 0.262 e. The van der Waals surface area contributed by atoms with Crippen molar-refractivity contribution in [1.29, 1.82) is 0 Å². The second-order valence-corrected chi connectivity index (χ2v) is 7.64. The quantitative estimate of drug-likeness (QED) is 0.514. The van der Waals surface area contributed by atoms with E-state index in [4.69, 9.17) is 0 Å². The van der Waals surface area contributed by atoms with Gasteiger partial charge in [0.15, 0.2) is 5.16 Å². The average Bonchev–Trinajstić information content (AvgIpc) is 3.02. The lowest BCUT2D eigenvalue weighted by Gasteiger charge is -2.22. The summed E-state index contributed by atoms with van der Waals surface area (Å²) in [6.45, 7) is 4.51. The molecule has 2 aromatic carbocycles. The lowest BCUT2D eigenvalue weighted by Crippen LogP contribution is -2.37. The van der Waals surface area contributed by atoms with Gasteiger partial charge in [-0.25, -0.2) is 4.98 Å². The number of hydrogen-bond donors (Lipinski definition) is 0. The number of benzene rings is 2. The van der Waals surface area contributed by atoms with Gasteiger partial charge in [-0.2, -0.15) is 0 Å². The van der Waals surface area contributed by atoms with Crippen LogP contribution in [0.2, 0.25) is 0 Å². The van der Waals surface area contributed by atoms with Crippen LogP contribution >= 0.6 is 11.8 Å². The second kappa shape index (κ2) is 7.19. The van der Waals surface area contributed by atoms with Gasteiger partial charge < -0.3 is 4.90 Å². The van der Waals surface area contributed by atoms with E-state index in [0.29, 0.717) is 22.6 Å². The average molecular weight is 379 g/mol. The predicted molar refractivity (Wildman–Crippen MR) is 109 cm³/mol. The zero-order valence-corrected chi connectivity index (χ0v) is 16.2. The highest BCUT2D eigenvalue weighted by Crippen LogP contribution is 2.32. The molecule has 1 aromatic heterocycles. The summed E-state index contributed by atoms with van der Waals surface area (Å²) in [5.41, 5.74) is 2.81. The molecule has 0 unspecified atom stereocenters. The van der Waals surface area contributed by atoms with Gasteiger partial charge in [-0.15, -0.1) is 0 Å². The molecule has 0 N–H and O–H groups in total. The van der Waals surface area contributed by atoms with Gasteiger partial charge in [-0.05, 0) is 44.0 Å². The SMILES string of the molecule is CCn1c(SCC(=O)N2c3ccccc3C[C@@H]2C)nc2ccccc2c1=O. The Bertz CT molecular complexity index is 1080. The number of fused-ring (bicyclic) bond motifs is 2. The highest BCUT2D eigenvalue weighted by molar-refractivity contribution is 7.99. The third-order valence-electron chi connectivity index (χ3n) is 4.94. The topological polar surface area (TPSA) is 55.2 Å². The van der Waals surface area contributed by atoms with E-state index in [1.54, 1.807) is 10.6 Å². The Balaban J connectivity index is 1.60. The van der Waals surface area contributed by atoms with Crippen molar-refractivity contribution in [2.45, 2.75) is 38.0 Å². The molecule has 3 aromatic rings. The summed E-state index contributed by atoms with van der Waals surface area (Å²) in [4.78, 5) is 32.1. The highest BCUT2D eigenvalue weighted by atomic mass is 32.2. The molecule has 0 saturated carbocycles. The Morgan fingerprint density at radius 1 is 1.19 bits per heavy atom. The van der Waals surface area contributed by atoms with Crippen molar-refractivity contribution in [2.24, 2.45) is 0 Å². The summed E-state index contributed by atoms with van der Waals surface area (Å²) >= 11 is 1.33. The molecular formula is C21H21N3O2S. The number of nitrogens with zero attached hydrogens (tertiary/aromatic N) is 3. The van der Waals surface area contributed by atoms with E-state index < -0.39 is 0 Å². The molecule has 1 atom stereocenters. The number of anilines is 1. The van der Waals surface area contributed by atoms with Crippen LogP contribution < -0.4 is 10.5 Å². The van der Waals surface area contributed by atoms with Crippen molar-refractivity contribution in [3.05, 3.63) is 64.4 Å². The first-order valence-electron chi connectivity index (χ1n) is 9.12. The van der Waals surface area contributed by atoms with Gasteiger partial charge in [0.2, 0.25) is 5.91 Å². The van der Waals surface area contributed by atoms with Crippen LogP contribution in [0.3, 0.4) is 0 Å². The van der Waals surface area contributed by atoms with Crippen molar-refractivity contribution in [3.8, 4) is 0 Å². The molecular weight excluding hydrogens is 358 g/mol. The maximum absolute atomic E-state index is 12.9. The van der Waals surface area contributed by atoms with E-state index in [-0.39, 0.29) is 23.3 Å². The number of aromatic nitrogens is 2. The fourth-order valence-corrected chi connectivity index (χ4v) is 4.60. The van der Waals surface area contributed by atoms with Crippen LogP contribution in [0, 0.1) is 0 Å². The summed E-state index contributed by atoms with van der Waals surface area (Å²) < 4.78 is 1.64. The van der Waals surface area contributed by atoms with Crippen molar-refractivity contribution < 1.29 is 4.79 Å². The summed E-state index contributed by atoms with van der Waals surface area (Å²) in [6.07, 6.45) is 0.875. The van der Waals surface area contributed by atoms with Crippen molar-refractivity contribution in [1.82, 2.24) is 9.55 Å². The van der Waals surface area contributed by atoms with Gasteiger partial charge in [-0.3, -0.25) is 14.2 Å². The summed E-state index contributed by atoms with van der Waals surface area (Å²) in [5, 5.41) is 1.20. The third-order valence-corrected chi connectivity index (χ3v) is 5.90. The molecule has 1 aliphatic rings. The van der Waals surface area contributed by atoms with Crippen molar-refractivity contribution in [3.63, 3.8) is 0 Å². The number of rotatable bonds is 4. The molecule has 1 amide bonds. The lowest BCUT2D eigenvalue weighted by atomic mass is 10.1. The van der Waals surface area contributed by atoms with Crippen LogP contribution in [0.1, 0.15) is 19.4 Å². The Kier molecular flexibility index (Phi) is 4.74. The Hall–Kier alpha value is -2.60. The molecule has 0 spiro atoms. The van der Waals surface area contributed by atoms with Gasteiger partial charge in [0, 0.05) is 18.3 Å². The molecule has 4 rings (SSSR count). The summed E-state index contributed by atoms with van der Waals surface area (Å²) in [5.74, 6) is 0.297. The van der Waals surface area contributed by atoms with Crippen LogP contribution in [0.5, 0.6) is 0 Å². The number of thioether (sulfide) groups is 1. The second-order valence-electron chi connectivity index (χ2n) is 6.70. The monoisotopic (exact) mass is 379 g/mol. The molecule has 0 bridgehead atoms. The fourth-order valence-electron chi connectivity index (χ4n) is 3.68. The number of para-hydroxylation sites is 2. The van der Waals surface area contributed by atoms with Crippen LogP contribution in [-0.4, -0.2) is 27.3 Å². The van der Waals surface area contributed by atoms with E-state index in [9.17, 15) is 9.59 Å². The lowest BCUT2D eigenvalue weighted by molar-refractivity contribution is -0.116. The van der Waals surface area contributed by atoms with E-state index >= 15 is 0 Å². The molecule has 0 radical (unpaired) electrons. The molecule has 27 heavy (non-hydrogen) atoms. The molecule has 0 aliphatic carbocycles. The standard InChI is InChI=1S/C21H21N3O2S/c1-3-23-20(26)16-9-5-6-10-17(16)22-21(23)27-13-19(25)24-14(2)12-15-8-4-7-11-18(15)24/h4-11,14H,3,12-13H2,1-2H3/t14-/m0/s1. The largest absolute Gasteiger partial charge is 0.308 e. The van der Waals surface area contributed by atoms with Crippen LogP contribution in [0.25, 0.3) is 10.9 Å². The predicted octanol–water partition coefficient (Wildman–Crippen LogP) is 3.49. The minimum atomic E-state index is -0.0575. The van der Waals surface area contributed by atoms with Crippen LogP contribution in [0.15, 0.2) is 58.5 Å². The smallest absolute Gasteiger partial charge is 0.262 e. The first-order valence-corrected chi connectivity index (χ1v) is 10.1. The van der Waals surface area contributed by atoms with Crippen LogP contribution in [-0.2, 0) is 17.8 Å². The van der Waals surface area contributed by atoms with Crippen molar-refractivity contribution >= 4 is 34.3 Å². The number of amides is 1. The summed E-state index contributed by atoms with van der Waals surface area (Å²) in [6, 6.07) is 15.5. The number of carbonyl (C=O) groups excluding carboxylic acids is 1. The van der Waals surface area contributed by atoms with Gasteiger partial charge in [0.25, 0.3) is 5.56 Å². The summed E-state index contributed by atoms with van der Waals surface area (Å²) in [7, 11) is 0. The Morgan fingerprint density at radius 3 is 2.74 bits per heavy atom. The Labute approximate surface area is 162 Å². The van der Waals surface area contributed by atoms with Gasteiger partial charge >= 0.3 is 0 Å². The fraction of sp³-hybridized carbons (Fsp3) is 0.286. The molecule has 138 valence electrons. The minimum absolute atomic E-state index is 0.0440. The first-order chi connectivity index (χ1) is 13.1. The molecule has 5 nitrogen and oxygen atoms in total. The normalized spacial score (nSPS) is 15.9. The van der Waals surface area contributed by atoms with Crippen molar-refractivity contribution in [2.75, 3.05) is 10.7 Å². The third kappa shape index (κ3) is 3.14. The number of carbonyl (C=O) groups is 1. The number of hydrogen-bond acceptors (Lipinski definition) is 4. The van der Waals surface area contributed by atoms with E-state index in [2.05, 4.69) is 18.0 Å². The first kappa shape index (κ1) is 17.8. The zero-order chi connectivity index (χ0) is 19.0.